The van der Waals surface area contributed by atoms with E-state index in [-0.39, 0.29) is 24.0 Å². The predicted molar refractivity (Wildman–Crippen MR) is 94.9 cm³/mol. The number of nitrogens with one attached hydrogen (secondary N) is 2. The second-order valence-corrected chi connectivity index (χ2v) is 5.70. The molecule has 0 saturated heterocycles. The zero-order valence-electron chi connectivity index (χ0n) is 13.0. The average molecular weight is 407 g/mol. The van der Waals surface area contributed by atoms with Gasteiger partial charge in [0, 0.05) is 31.9 Å². The van der Waals surface area contributed by atoms with E-state index in [1.807, 2.05) is 20.2 Å². The van der Waals surface area contributed by atoms with Crippen molar-refractivity contribution in [1.82, 2.24) is 20.4 Å². The average Bonchev–Trinajstić information content (AvgIpc) is 3.13. The van der Waals surface area contributed by atoms with Crippen LogP contribution in [0.25, 0.3) is 0 Å². The van der Waals surface area contributed by atoms with Gasteiger partial charge in [-0.15, -0.1) is 24.0 Å². The molecule has 0 aromatic carbocycles. The van der Waals surface area contributed by atoms with Crippen LogP contribution in [0.4, 0.5) is 0 Å². The molecule has 0 bridgehead atoms. The van der Waals surface area contributed by atoms with Crippen molar-refractivity contribution >= 4 is 29.9 Å². The Kier molecular flexibility index (Phi) is 6.92. The molecule has 1 saturated carbocycles. The zero-order valence-corrected chi connectivity index (χ0v) is 15.3. The van der Waals surface area contributed by atoms with Gasteiger partial charge in [0.2, 0.25) is 0 Å². The molecule has 1 aromatic heterocycles. The first-order valence-corrected chi connectivity index (χ1v) is 7.25. The van der Waals surface area contributed by atoms with Gasteiger partial charge in [-0.2, -0.15) is 5.10 Å². The number of rotatable bonds is 6. The lowest BCUT2D eigenvalue weighted by Crippen LogP contribution is -2.39. The number of hydrogen-bond donors (Lipinski definition) is 3. The Hall–Kier alpha value is -0.830. The maximum absolute atomic E-state index is 10.5. The van der Waals surface area contributed by atoms with Crippen LogP contribution >= 0.6 is 24.0 Å². The van der Waals surface area contributed by atoms with Crippen LogP contribution < -0.4 is 10.6 Å². The van der Waals surface area contributed by atoms with E-state index in [4.69, 9.17) is 0 Å². The second-order valence-electron chi connectivity index (χ2n) is 5.70. The lowest BCUT2D eigenvalue weighted by Gasteiger charge is -2.20. The number of aliphatic hydroxyl groups is 1. The minimum Gasteiger partial charge on any atom is -0.383 e. The second kappa shape index (κ2) is 7.98. The smallest absolute Gasteiger partial charge is 0.191 e. The van der Waals surface area contributed by atoms with Crippen molar-refractivity contribution in [3.8, 4) is 0 Å². The van der Waals surface area contributed by atoms with E-state index in [9.17, 15) is 5.11 Å². The van der Waals surface area contributed by atoms with E-state index in [0.29, 0.717) is 6.54 Å². The fourth-order valence-corrected chi connectivity index (χ4v) is 1.93. The molecule has 3 N–H and O–H groups in total. The van der Waals surface area contributed by atoms with Gasteiger partial charge in [0.25, 0.3) is 0 Å². The van der Waals surface area contributed by atoms with Crippen LogP contribution in [0.15, 0.2) is 17.4 Å². The van der Waals surface area contributed by atoms with Gasteiger partial charge in [0.05, 0.1) is 12.7 Å². The van der Waals surface area contributed by atoms with Crippen molar-refractivity contribution in [2.24, 2.45) is 18.0 Å². The third kappa shape index (κ3) is 5.82. The molecule has 2 rings (SSSR count). The fourth-order valence-electron chi connectivity index (χ4n) is 1.93. The molecule has 6 nitrogen and oxygen atoms in total. The number of halogens is 1. The summed E-state index contributed by atoms with van der Waals surface area (Å²) < 4.78 is 1.68. The number of aryl methyl sites for hydroxylation is 1. The summed E-state index contributed by atoms with van der Waals surface area (Å²) in [5.41, 5.74) is -0.224. The maximum atomic E-state index is 10.5. The Balaban J connectivity index is 0.00000220. The summed E-state index contributed by atoms with van der Waals surface area (Å²) in [7, 11) is 1.84. The molecule has 1 aliphatic carbocycles. The van der Waals surface area contributed by atoms with Crippen LogP contribution in [0.2, 0.25) is 0 Å². The summed E-state index contributed by atoms with van der Waals surface area (Å²) in [6.07, 6.45) is 6.11. The van der Waals surface area contributed by atoms with Gasteiger partial charge in [-0.3, -0.25) is 4.68 Å². The first kappa shape index (κ1) is 18.2. The minimum atomic E-state index is -1.00. The van der Waals surface area contributed by atoms with E-state index in [2.05, 4.69) is 20.7 Å². The molecule has 1 heterocycles. The molecule has 21 heavy (non-hydrogen) atoms. The van der Waals surface area contributed by atoms with Gasteiger partial charge in [-0.1, -0.05) is 0 Å². The zero-order chi connectivity index (χ0) is 14.6. The van der Waals surface area contributed by atoms with Crippen LogP contribution in [-0.2, 0) is 12.6 Å². The molecule has 0 amide bonds. The largest absolute Gasteiger partial charge is 0.383 e. The number of nitrogens with zero attached hydrogens (tertiary/aromatic N) is 3. The summed E-state index contributed by atoms with van der Waals surface area (Å²) in [4.78, 5) is 4.48. The van der Waals surface area contributed by atoms with Crippen molar-refractivity contribution in [3.05, 3.63) is 18.0 Å². The van der Waals surface area contributed by atoms with E-state index in [1.54, 1.807) is 17.8 Å². The highest BCUT2D eigenvalue weighted by molar-refractivity contribution is 14.0. The molecule has 0 radical (unpaired) electrons. The molecule has 1 aliphatic rings. The van der Waals surface area contributed by atoms with Crippen LogP contribution in [-0.4, -0.2) is 40.5 Å². The van der Waals surface area contributed by atoms with Gasteiger partial charge in [-0.25, -0.2) is 4.99 Å². The van der Waals surface area contributed by atoms with Crippen LogP contribution in [0, 0.1) is 5.92 Å². The monoisotopic (exact) mass is 407 g/mol. The molecule has 1 atom stereocenters. The van der Waals surface area contributed by atoms with Crippen LogP contribution in [0.3, 0.4) is 0 Å². The Labute approximate surface area is 143 Å². The van der Waals surface area contributed by atoms with E-state index in [1.165, 1.54) is 12.8 Å². The van der Waals surface area contributed by atoms with Gasteiger partial charge >= 0.3 is 0 Å². The highest BCUT2D eigenvalue weighted by atomic mass is 127. The van der Waals surface area contributed by atoms with Gasteiger partial charge in [-0.05, 0) is 32.6 Å². The molecular formula is C14H26IN5O. The topological polar surface area (TPSA) is 74.5 Å². The number of aliphatic imine (C=N–C) groups is 1. The Morgan fingerprint density at radius 1 is 1.52 bits per heavy atom. The quantitative estimate of drug-likeness (QED) is 0.377. The van der Waals surface area contributed by atoms with Crippen molar-refractivity contribution in [3.63, 3.8) is 0 Å². The molecule has 0 spiro atoms. The standard InChI is InChI=1S/C14H25N5O.HI/c1-4-15-13(16-7-11-5-6-11)17-10-14(2,20)12-8-18-19(3)9-12;/h8-9,11,20H,4-7,10H2,1-3H3,(H2,15,16,17);1H. The Morgan fingerprint density at radius 3 is 2.76 bits per heavy atom. The Bertz CT molecular complexity index is 468. The predicted octanol–water partition coefficient (Wildman–Crippen LogP) is 1.21. The molecule has 7 heteroatoms. The first-order valence-electron chi connectivity index (χ1n) is 7.25. The Morgan fingerprint density at radius 2 is 2.24 bits per heavy atom. The van der Waals surface area contributed by atoms with E-state index in [0.717, 1.165) is 30.5 Å². The summed E-state index contributed by atoms with van der Waals surface area (Å²) in [5, 5.41) is 21.1. The van der Waals surface area contributed by atoms with E-state index < -0.39 is 5.60 Å². The lowest BCUT2D eigenvalue weighted by molar-refractivity contribution is 0.0672. The third-order valence-electron chi connectivity index (χ3n) is 3.47. The van der Waals surface area contributed by atoms with Gasteiger partial charge < -0.3 is 15.7 Å². The van der Waals surface area contributed by atoms with Crippen molar-refractivity contribution in [2.45, 2.75) is 32.3 Å². The normalized spacial score (nSPS) is 17.8. The molecule has 0 aliphatic heterocycles. The molecule has 1 aromatic rings. The van der Waals surface area contributed by atoms with Crippen molar-refractivity contribution < 1.29 is 5.11 Å². The molecule has 120 valence electrons. The first-order chi connectivity index (χ1) is 9.51. The van der Waals surface area contributed by atoms with Crippen LogP contribution in [0.5, 0.6) is 0 Å². The maximum Gasteiger partial charge on any atom is 0.191 e. The van der Waals surface area contributed by atoms with Crippen molar-refractivity contribution in [2.75, 3.05) is 19.6 Å². The number of aromatic nitrogens is 2. The number of guanidine groups is 1. The summed E-state index contributed by atoms with van der Waals surface area (Å²) in [6, 6.07) is 0. The molecule has 1 unspecified atom stereocenters. The fraction of sp³-hybridized carbons (Fsp3) is 0.714. The highest BCUT2D eigenvalue weighted by Crippen LogP contribution is 2.27. The van der Waals surface area contributed by atoms with Gasteiger partial charge in [0.1, 0.15) is 5.60 Å². The summed E-state index contributed by atoms with van der Waals surface area (Å²) in [5.74, 6) is 1.56. The summed E-state index contributed by atoms with van der Waals surface area (Å²) in [6.45, 7) is 5.87. The van der Waals surface area contributed by atoms with Crippen molar-refractivity contribution in [1.29, 1.82) is 0 Å². The summed E-state index contributed by atoms with van der Waals surface area (Å²) >= 11 is 0. The van der Waals surface area contributed by atoms with Gasteiger partial charge in [0.15, 0.2) is 5.96 Å². The van der Waals surface area contributed by atoms with E-state index >= 15 is 0 Å². The minimum absolute atomic E-state index is 0. The third-order valence-corrected chi connectivity index (χ3v) is 3.47. The highest BCUT2D eigenvalue weighted by Gasteiger charge is 2.25. The SMILES string of the molecule is CCNC(=NCC(C)(O)c1cnn(C)c1)NCC1CC1.I. The van der Waals surface area contributed by atoms with Crippen LogP contribution in [0.1, 0.15) is 32.3 Å². The molecular weight excluding hydrogens is 381 g/mol. The lowest BCUT2D eigenvalue weighted by atomic mass is 10.0. The molecule has 1 fully saturated rings. The number of hydrogen-bond acceptors (Lipinski definition) is 3.